The van der Waals surface area contributed by atoms with Crippen LogP contribution in [0.2, 0.25) is 0 Å². The molecule has 0 aliphatic carbocycles. The van der Waals surface area contributed by atoms with Crippen molar-refractivity contribution in [1.82, 2.24) is 4.31 Å². The third kappa shape index (κ3) is 4.12. The van der Waals surface area contributed by atoms with Crippen molar-refractivity contribution >= 4 is 21.7 Å². The maximum atomic E-state index is 12.6. The summed E-state index contributed by atoms with van der Waals surface area (Å²) in [6, 6.07) is 5.39. The van der Waals surface area contributed by atoms with Gasteiger partial charge in [-0.25, -0.2) is 8.42 Å². The van der Waals surface area contributed by atoms with Gasteiger partial charge in [-0.3, -0.25) is 9.59 Å². The van der Waals surface area contributed by atoms with Crippen molar-refractivity contribution < 1.29 is 18.0 Å². The van der Waals surface area contributed by atoms with Gasteiger partial charge in [0.2, 0.25) is 15.9 Å². The van der Waals surface area contributed by atoms with E-state index in [0.717, 1.165) is 4.31 Å². The molecule has 0 saturated carbocycles. The minimum atomic E-state index is -3.88. The van der Waals surface area contributed by atoms with Crippen LogP contribution in [0.1, 0.15) is 37.6 Å². The zero-order valence-corrected chi connectivity index (χ0v) is 13.2. The highest BCUT2D eigenvalue weighted by Crippen LogP contribution is 2.19. The highest BCUT2D eigenvalue weighted by atomic mass is 32.2. The Bertz CT molecular complexity index is 638. The number of carbonyl (C=O) groups is 2. The molecule has 7 heteroatoms. The van der Waals surface area contributed by atoms with Crippen molar-refractivity contribution in [2.24, 2.45) is 5.73 Å². The number of hydrogen-bond donors (Lipinski definition) is 1. The molecule has 1 amide bonds. The number of carbonyl (C=O) groups excluding carboxylic acids is 2. The number of ketones is 1. The molecule has 0 atom stereocenters. The summed E-state index contributed by atoms with van der Waals surface area (Å²) in [5.41, 5.74) is 5.44. The Hall–Kier alpha value is -1.73. The number of sulfonamides is 1. The maximum absolute atomic E-state index is 12.6. The number of benzene rings is 1. The lowest BCUT2D eigenvalue weighted by molar-refractivity contribution is -0.118. The van der Waals surface area contributed by atoms with Gasteiger partial charge in [-0.15, -0.1) is 0 Å². The second-order valence-corrected chi connectivity index (χ2v) is 6.81. The molecule has 0 unspecified atom stereocenters. The van der Waals surface area contributed by atoms with Crippen molar-refractivity contribution in [2.45, 2.75) is 38.1 Å². The number of nitrogens with two attached hydrogens (primary N) is 1. The van der Waals surface area contributed by atoms with Gasteiger partial charge in [0.15, 0.2) is 5.78 Å². The number of rotatable bonds is 7. The molecule has 0 bridgehead atoms. The molecule has 6 nitrogen and oxygen atoms in total. The summed E-state index contributed by atoms with van der Waals surface area (Å²) in [5, 5.41) is 0. The molecule has 1 rings (SSSR count). The smallest absolute Gasteiger partial charge is 0.243 e. The summed E-state index contributed by atoms with van der Waals surface area (Å²) >= 11 is 0. The zero-order valence-electron chi connectivity index (χ0n) is 12.4. The van der Waals surface area contributed by atoms with E-state index in [-0.39, 0.29) is 10.7 Å². The third-order valence-electron chi connectivity index (χ3n) is 2.97. The number of primary amides is 1. The molecule has 0 aromatic heterocycles. The first-order chi connectivity index (χ1) is 9.70. The van der Waals surface area contributed by atoms with Gasteiger partial charge < -0.3 is 5.73 Å². The zero-order chi connectivity index (χ0) is 16.2. The fourth-order valence-electron chi connectivity index (χ4n) is 1.87. The molecule has 2 N–H and O–H groups in total. The third-order valence-corrected chi connectivity index (χ3v) is 4.99. The summed E-state index contributed by atoms with van der Waals surface area (Å²) in [4.78, 5) is 22.8. The molecule has 0 aliphatic heterocycles. The molecule has 1 aromatic rings. The maximum Gasteiger partial charge on any atom is 0.243 e. The van der Waals surface area contributed by atoms with Crippen LogP contribution in [0.3, 0.4) is 0 Å². The second-order valence-electron chi connectivity index (χ2n) is 4.91. The molecular formula is C14H20N2O4S. The SMILES string of the molecule is CCC(=O)c1cccc(S(=O)(=O)N(CC(N)=O)C(C)C)c1. The first-order valence-corrected chi connectivity index (χ1v) is 8.07. The van der Waals surface area contributed by atoms with Crippen LogP contribution in [0.5, 0.6) is 0 Å². The van der Waals surface area contributed by atoms with Crippen molar-refractivity contribution in [3.8, 4) is 0 Å². The summed E-state index contributed by atoms with van der Waals surface area (Å²) in [7, 11) is -3.88. The quantitative estimate of drug-likeness (QED) is 0.764. The summed E-state index contributed by atoms with van der Waals surface area (Å²) < 4.78 is 26.2. The van der Waals surface area contributed by atoms with Crippen molar-refractivity contribution in [2.75, 3.05) is 6.54 Å². The van der Waals surface area contributed by atoms with Crippen LogP contribution in [0.4, 0.5) is 0 Å². The summed E-state index contributed by atoms with van der Waals surface area (Å²) in [6.45, 7) is 4.62. The number of amides is 1. The molecule has 116 valence electrons. The van der Waals surface area contributed by atoms with E-state index >= 15 is 0 Å². The van der Waals surface area contributed by atoms with Crippen LogP contribution < -0.4 is 5.73 Å². The van der Waals surface area contributed by atoms with Gasteiger partial charge in [0, 0.05) is 18.0 Å². The van der Waals surface area contributed by atoms with Crippen LogP contribution in [0.25, 0.3) is 0 Å². The van der Waals surface area contributed by atoms with Crippen LogP contribution in [0.15, 0.2) is 29.2 Å². The molecular weight excluding hydrogens is 292 g/mol. The molecule has 0 heterocycles. The minimum absolute atomic E-state index is 0.0169. The normalized spacial score (nSPS) is 11.9. The molecule has 1 aromatic carbocycles. The Morgan fingerprint density at radius 1 is 1.29 bits per heavy atom. The largest absolute Gasteiger partial charge is 0.369 e. The van der Waals surface area contributed by atoms with Crippen LogP contribution in [0, 0.1) is 0 Å². The first-order valence-electron chi connectivity index (χ1n) is 6.63. The topological polar surface area (TPSA) is 97.5 Å². The molecule has 0 saturated heterocycles. The number of nitrogens with zero attached hydrogens (tertiary/aromatic N) is 1. The van der Waals surface area contributed by atoms with E-state index in [0.29, 0.717) is 12.0 Å². The standard InChI is InChI=1S/C14H20N2O4S/c1-4-13(17)11-6-5-7-12(8-11)21(19,20)16(10(2)3)9-14(15)18/h5-8,10H,4,9H2,1-3H3,(H2,15,18). The lowest BCUT2D eigenvalue weighted by Crippen LogP contribution is -2.42. The summed E-state index contributed by atoms with van der Waals surface area (Å²) in [6.07, 6.45) is 0.290. The average Bonchev–Trinajstić information content (AvgIpc) is 2.43. The van der Waals surface area contributed by atoms with Crippen molar-refractivity contribution in [3.63, 3.8) is 0 Å². The van der Waals surface area contributed by atoms with Crippen LogP contribution >= 0.6 is 0 Å². The Morgan fingerprint density at radius 3 is 2.38 bits per heavy atom. The van der Waals surface area contributed by atoms with Crippen molar-refractivity contribution in [1.29, 1.82) is 0 Å². The number of hydrogen-bond acceptors (Lipinski definition) is 4. The Morgan fingerprint density at radius 2 is 1.90 bits per heavy atom. The van der Waals surface area contributed by atoms with Crippen molar-refractivity contribution in [3.05, 3.63) is 29.8 Å². The predicted molar refractivity (Wildman–Crippen MR) is 79.3 cm³/mol. The van der Waals surface area contributed by atoms with Crippen LogP contribution in [-0.4, -0.2) is 37.0 Å². The van der Waals surface area contributed by atoms with E-state index in [9.17, 15) is 18.0 Å². The van der Waals surface area contributed by atoms with Gasteiger partial charge >= 0.3 is 0 Å². The first kappa shape index (κ1) is 17.3. The Kier molecular flexibility index (Phi) is 5.62. The molecule has 0 spiro atoms. The van der Waals surface area contributed by atoms with E-state index in [1.165, 1.54) is 18.2 Å². The fraction of sp³-hybridized carbons (Fsp3) is 0.429. The van der Waals surface area contributed by atoms with Gasteiger partial charge in [0.05, 0.1) is 11.4 Å². The van der Waals surface area contributed by atoms with E-state index in [2.05, 4.69) is 0 Å². The highest BCUT2D eigenvalue weighted by molar-refractivity contribution is 7.89. The highest BCUT2D eigenvalue weighted by Gasteiger charge is 2.28. The molecule has 0 fully saturated rings. The van der Waals surface area contributed by atoms with Gasteiger partial charge in [-0.2, -0.15) is 4.31 Å². The minimum Gasteiger partial charge on any atom is -0.369 e. The lowest BCUT2D eigenvalue weighted by atomic mass is 10.1. The van der Waals surface area contributed by atoms with E-state index < -0.39 is 28.5 Å². The van der Waals surface area contributed by atoms with E-state index in [4.69, 9.17) is 5.73 Å². The summed E-state index contributed by atoms with van der Waals surface area (Å²) in [5.74, 6) is -0.869. The molecule has 21 heavy (non-hydrogen) atoms. The van der Waals surface area contributed by atoms with Gasteiger partial charge in [0.1, 0.15) is 0 Å². The average molecular weight is 312 g/mol. The monoisotopic (exact) mass is 312 g/mol. The Balaban J connectivity index is 3.28. The van der Waals surface area contributed by atoms with Gasteiger partial charge in [-0.05, 0) is 26.0 Å². The van der Waals surface area contributed by atoms with Crippen LogP contribution in [-0.2, 0) is 14.8 Å². The predicted octanol–water partition coefficient (Wildman–Crippen LogP) is 1.16. The fourth-order valence-corrected chi connectivity index (χ4v) is 3.52. The lowest BCUT2D eigenvalue weighted by Gasteiger charge is -2.24. The molecule has 0 radical (unpaired) electrons. The molecule has 0 aliphatic rings. The van der Waals surface area contributed by atoms with E-state index in [1.54, 1.807) is 26.8 Å². The van der Waals surface area contributed by atoms with Gasteiger partial charge in [-0.1, -0.05) is 19.1 Å². The van der Waals surface area contributed by atoms with Gasteiger partial charge in [0.25, 0.3) is 0 Å². The second kappa shape index (κ2) is 6.82. The van der Waals surface area contributed by atoms with E-state index in [1.807, 2.05) is 0 Å². The Labute approximate surface area is 125 Å². The number of Topliss-reactive ketones (excluding diaryl/α,β-unsaturated/α-hetero) is 1.